The van der Waals surface area contributed by atoms with E-state index in [-0.39, 0.29) is 12.5 Å². The highest BCUT2D eigenvalue weighted by atomic mass is 28.3. The number of ether oxygens (including phenoxy) is 5. The van der Waals surface area contributed by atoms with Gasteiger partial charge in [0, 0.05) is 0 Å². The van der Waals surface area contributed by atoms with Crippen molar-refractivity contribution in [2.75, 3.05) is 6.61 Å². The van der Waals surface area contributed by atoms with Crippen molar-refractivity contribution in [3.8, 4) is 0 Å². The topological polar surface area (TPSA) is 75.3 Å². The largest absolute Gasteiger partial charge is 0.358 e. The maximum absolute atomic E-state index is 12.4. The summed E-state index contributed by atoms with van der Waals surface area (Å²) in [5.74, 6) is -1.03. The van der Waals surface area contributed by atoms with Gasteiger partial charge in [0.2, 0.25) is 0 Å². The number of benzene rings is 3. The van der Waals surface area contributed by atoms with Gasteiger partial charge in [-0.05, 0) is 30.5 Å². The minimum absolute atomic E-state index is 0.172. The SMILES string of the molecule is C=C1C(=O)N[C@]1(O[C@@H]1[C@H]2OC(C)(C)O[C@H]2O[C@@H]1COC(c1ccccc1)(c1ccccc1)c1ccccc1)[Si](C)(C)C. The molecule has 3 heterocycles. The highest BCUT2D eigenvalue weighted by molar-refractivity contribution is 6.81. The van der Waals surface area contributed by atoms with Gasteiger partial charge >= 0.3 is 0 Å². The van der Waals surface area contributed by atoms with Gasteiger partial charge in [0.25, 0.3) is 5.91 Å². The smallest absolute Gasteiger partial charge is 0.253 e. The van der Waals surface area contributed by atoms with Crippen molar-refractivity contribution < 1.29 is 28.5 Å². The summed E-state index contributed by atoms with van der Waals surface area (Å²) < 4.78 is 33.0. The lowest BCUT2D eigenvalue weighted by atomic mass is 9.80. The van der Waals surface area contributed by atoms with E-state index in [9.17, 15) is 4.79 Å². The van der Waals surface area contributed by atoms with Gasteiger partial charge < -0.3 is 29.0 Å². The molecule has 0 spiro atoms. The van der Waals surface area contributed by atoms with E-state index in [0.29, 0.717) is 5.57 Å². The molecule has 220 valence electrons. The Balaban J connectivity index is 1.39. The molecule has 1 amide bonds. The zero-order valence-electron chi connectivity index (χ0n) is 24.8. The van der Waals surface area contributed by atoms with Crippen molar-refractivity contribution >= 4 is 14.0 Å². The van der Waals surface area contributed by atoms with Crippen molar-refractivity contribution in [1.29, 1.82) is 0 Å². The Morgan fingerprint density at radius 2 is 1.36 bits per heavy atom. The minimum Gasteiger partial charge on any atom is -0.358 e. The molecule has 6 rings (SSSR count). The van der Waals surface area contributed by atoms with Crippen LogP contribution in [0.4, 0.5) is 0 Å². The summed E-state index contributed by atoms with van der Waals surface area (Å²) in [5.41, 5.74) is 2.48. The predicted molar refractivity (Wildman–Crippen MR) is 162 cm³/mol. The zero-order valence-corrected chi connectivity index (χ0v) is 25.8. The minimum atomic E-state index is -2.17. The molecule has 3 aliphatic rings. The molecule has 3 aliphatic heterocycles. The summed E-state index contributed by atoms with van der Waals surface area (Å²) in [6, 6.07) is 30.6. The van der Waals surface area contributed by atoms with E-state index in [1.165, 1.54) is 0 Å². The number of hydrogen-bond acceptors (Lipinski definition) is 6. The van der Waals surface area contributed by atoms with Crippen LogP contribution >= 0.6 is 0 Å². The Morgan fingerprint density at radius 1 is 0.857 bits per heavy atom. The van der Waals surface area contributed by atoms with Gasteiger partial charge in [-0.1, -0.05) is 117 Å². The molecule has 3 aromatic carbocycles. The van der Waals surface area contributed by atoms with E-state index in [1.807, 2.05) is 68.4 Å². The molecule has 42 heavy (non-hydrogen) atoms. The summed E-state index contributed by atoms with van der Waals surface area (Å²) in [6.07, 6.45) is -2.28. The molecule has 0 aromatic heterocycles. The first-order valence-corrected chi connectivity index (χ1v) is 18.0. The fourth-order valence-electron chi connectivity index (χ4n) is 6.33. The quantitative estimate of drug-likeness (QED) is 0.154. The van der Waals surface area contributed by atoms with Crippen LogP contribution in [0.5, 0.6) is 0 Å². The lowest BCUT2D eigenvalue weighted by Gasteiger charge is -2.53. The molecule has 0 bridgehead atoms. The monoisotopic (exact) mass is 585 g/mol. The number of amides is 1. The second kappa shape index (κ2) is 10.6. The molecule has 7 nitrogen and oxygen atoms in total. The Bertz CT molecular complexity index is 1340. The number of rotatable bonds is 9. The van der Waals surface area contributed by atoms with Gasteiger partial charge in [-0.3, -0.25) is 4.79 Å². The molecular formula is C34H39NO6Si. The second-order valence-corrected chi connectivity index (χ2v) is 17.9. The lowest BCUT2D eigenvalue weighted by Crippen LogP contribution is -2.77. The predicted octanol–water partition coefficient (Wildman–Crippen LogP) is 5.52. The molecule has 0 unspecified atom stereocenters. The van der Waals surface area contributed by atoms with E-state index in [2.05, 4.69) is 67.9 Å². The van der Waals surface area contributed by atoms with Crippen molar-refractivity contribution in [3.05, 3.63) is 120 Å². The fraction of sp³-hybridized carbons (Fsp3) is 0.382. The van der Waals surface area contributed by atoms with Crippen LogP contribution < -0.4 is 5.32 Å². The van der Waals surface area contributed by atoms with Crippen LogP contribution in [0.25, 0.3) is 0 Å². The van der Waals surface area contributed by atoms with Gasteiger partial charge in [0.1, 0.15) is 32.0 Å². The third-order valence-corrected chi connectivity index (χ3v) is 11.1. The van der Waals surface area contributed by atoms with Crippen molar-refractivity contribution in [2.45, 2.75) is 74.8 Å². The van der Waals surface area contributed by atoms with Crippen molar-refractivity contribution in [3.63, 3.8) is 0 Å². The number of hydrogen-bond donors (Lipinski definition) is 1. The van der Waals surface area contributed by atoms with Crippen LogP contribution in [0.3, 0.4) is 0 Å². The molecule has 0 aliphatic carbocycles. The lowest BCUT2D eigenvalue weighted by molar-refractivity contribution is -0.234. The van der Waals surface area contributed by atoms with Crippen LogP contribution in [0, 0.1) is 0 Å². The Kier molecular flexibility index (Phi) is 7.28. The Hall–Kier alpha value is -3.11. The number of fused-ring (bicyclic) bond motifs is 1. The molecule has 1 N–H and O–H groups in total. The highest BCUT2D eigenvalue weighted by Gasteiger charge is 2.63. The number of carbonyl (C=O) groups excluding carboxylic acids is 1. The van der Waals surface area contributed by atoms with Gasteiger partial charge in [0.05, 0.1) is 12.2 Å². The molecule has 3 aromatic rings. The van der Waals surface area contributed by atoms with Crippen LogP contribution in [0.1, 0.15) is 30.5 Å². The number of nitrogens with one attached hydrogen (secondary N) is 1. The van der Waals surface area contributed by atoms with Crippen LogP contribution in [-0.4, -0.2) is 56.3 Å². The summed E-state index contributed by atoms with van der Waals surface area (Å²) in [5, 5.41) is 2.10. The van der Waals surface area contributed by atoms with Gasteiger partial charge in [0.15, 0.2) is 17.4 Å². The van der Waals surface area contributed by atoms with E-state index in [0.717, 1.165) is 16.7 Å². The van der Waals surface area contributed by atoms with Gasteiger partial charge in [-0.2, -0.15) is 0 Å². The van der Waals surface area contributed by atoms with Crippen LogP contribution in [0.15, 0.2) is 103 Å². The summed E-state index contributed by atoms with van der Waals surface area (Å²) in [4.78, 5) is 12.4. The first kappa shape index (κ1) is 29.0. The first-order chi connectivity index (χ1) is 20.0. The Labute approximate surface area is 248 Å². The summed E-state index contributed by atoms with van der Waals surface area (Å²) in [6.45, 7) is 14.4. The average Bonchev–Trinajstić information content (AvgIpc) is 3.45. The molecule has 3 fully saturated rings. The molecule has 3 saturated heterocycles. The third kappa shape index (κ3) is 4.76. The second-order valence-electron chi connectivity index (χ2n) is 12.7. The maximum Gasteiger partial charge on any atom is 0.253 e. The zero-order chi connectivity index (χ0) is 29.8. The summed E-state index contributed by atoms with van der Waals surface area (Å²) in [7, 11) is -2.17. The highest BCUT2D eigenvalue weighted by Crippen LogP contribution is 2.46. The molecule has 0 radical (unpaired) electrons. The number of β-lactam (4-membered cyclic amide) rings is 1. The fourth-order valence-corrected chi connectivity index (χ4v) is 8.33. The van der Waals surface area contributed by atoms with E-state index in [4.69, 9.17) is 23.7 Å². The van der Waals surface area contributed by atoms with E-state index >= 15 is 0 Å². The van der Waals surface area contributed by atoms with Crippen molar-refractivity contribution in [2.24, 2.45) is 0 Å². The third-order valence-electron chi connectivity index (χ3n) is 8.45. The molecule has 8 heteroatoms. The van der Waals surface area contributed by atoms with Crippen LogP contribution in [-0.2, 0) is 34.1 Å². The van der Waals surface area contributed by atoms with Crippen LogP contribution in [0.2, 0.25) is 19.6 Å². The number of carbonyl (C=O) groups is 1. The average molecular weight is 586 g/mol. The first-order valence-electron chi connectivity index (χ1n) is 14.5. The normalized spacial score (nSPS) is 28.7. The van der Waals surface area contributed by atoms with Crippen molar-refractivity contribution in [1.82, 2.24) is 5.32 Å². The molecule has 5 atom stereocenters. The van der Waals surface area contributed by atoms with Gasteiger partial charge in [-0.25, -0.2) is 0 Å². The maximum atomic E-state index is 12.4. The molecule has 0 saturated carbocycles. The Morgan fingerprint density at radius 3 is 1.79 bits per heavy atom. The molecular weight excluding hydrogens is 546 g/mol. The van der Waals surface area contributed by atoms with Gasteiger partial charge in [-0.15, -0.1) is 0 Å². The van der Waals surface area contributed by atoms with E-state index < -0.39 is 49.4 Å². The van der Waals surface area contributed by atoms with E-state index in [1.54, 1.807) is 0 Å². The summed E-state index contributed by atoms with van der Waals surface area (Å²) >= 11 is 0. The standard InChI is InChI=1S/C34H39NO6Si/c1-23-30(36)35-34(23,42(4,5)6)40-28-27(38-31-29(28)39-32(2,3)41-31)22-37-33(24-16-10-7-11-17-24,25-18-12-8-13-19-25)26-20-14-9-15-21-26/h7-21,27-29,31H,1,22H2,2-6H3,(H,35,36)/t27-,28+,29-,31-,34-/m1/s1.